The lowest BCUT2D eigenvalue weighted by molar-refractivity contribution is 0.497. The summed E-state index contributed by atoms with van der Waals surface area (Å²) in [5, 5.41) is 0. The molecule has 1 aromatic carbocycles. The van der Waals surface area contributed by atoms with Crippen LogP contribution in [0.15, 0.2) is 78.4 Å². The Kier molecular flexibility index (Phi) is 4.32. The molecule has 0 N–H and O–H groups in total. The van der Waals surface area contributed by atoms with Crippen LogP contribution in [0.3, 0.4) is 0 Å². The second kappa shape index (κ2) is 6.56. The van der Waals surface area contributed by atoms with Gasteiger partial charge in [-0.15, -0.1) is 0 Å². The van der Waals surface area contributed by atoms with Gasteiger partial charge in [-0.05, 0) is 43.1 Å². The van der Waals surface area contributed by atoms with Crippen LogP contribution in [0.2, 0.25) is 0 Å². The summed E-state index contributed by atoms with van der Waals surface area (Å²) in [4.78, 5) is 0. The van der Waals surface area contributed by atoms with E-state index in [0.717, 1.165) is 0 Å². The molecular formula is C20H22. The van der Waals surface area contributed by atoms with Crippen molar-refractivity contribution in [3.8, 4) is 0 Å². The number of allylic oxidation sites excluding steroid dienone is 8. The highest BCUT2D eigenvalue weighted by molar-refractivity contribution is 5.28. The van der Waals surface area contributed by atoms with E-state index in [1.165, 1.54) is 31.2 Å². The van der Waals surface area contributed by atoms with Gasteiger partial charge >= 0.3 is 0 Å². The Bertz CT molecular complexity index is 543. The highest BCUT2D eigenvalue weighted by Crippen LogP contribution is 2.37. The van der Waals surface area contributed by atoms with Gasteiger partial charge in [0.15, 0.2) is 0 Å². The van der Waals surface area contributed by atoms with Crippen molar-refractivity contribution in [2.45, 2.75) is 31.6 Å². The van der Waals surface area contributed by atoms with Gasteiger partial charge < -0.3 is 0 Å². The molecule has 2 aliphatic rings. The molecule has 0 saturated carbocycles. The van der Waals surface area contributed by atoms with Crippen LogP contribution >= 0.6 is 0 Å². The summed E-state index contributed by atoms with van der Waals surface area (Å²) in [7, 11) is 0. The maximum atomic E-state index is 2.39. The molecule has 0 bridgehead atoms. The van der Waals surface area contributed by atoms with Crippen LogP contribution < -0.4 is 0 Å². The SMILES string of the molecule is C1=CCCC(CC(c2ccccc2)C2C=CC=CC2)=C1. The first-order valence-corrected chi connectivity index (χ1v) is 7.66. The lowest BCUT2D eigenvalue weighted by Crippen LogP contribution is -2.13. The third-order valence-electron chi connectivity index (χ3n) is 4.34. The maximum Gasteiger partial charge on any atom is -0.00586 e. The fourth-order valence-electron chi connectivity index (χ4n) is 3.22. The summed E-state index contributed by atoms with van der Waals surface area (Å²) in [5.41, 5.74) is 3.08. The quantitative estimate of drug-likeness (QED) is 0.665. The Balaban J connectivity index is 1.83. The Labute approximate surface area is 122 Å². The monoisotopic (exact) mass is 262 g/mol. The molecule has 2 atom stereocenters. The molecule has 0 saturated heterocycles. The summed E-state index contributed by atoms with van der Waals surface area (Å²) in [6.45, 7) is 0. The summed E-state index contributed by atoms with van der Waals surface area (Å²) < 4.78 is 0. The predicted molar refractivity (Wildman–Crippen MR) is 86.6 cm³/mol. The first kappa shape index (κ1) is 13.2. The van der Waals surface area contributed by atoms with E-state index >= 15 is 0 Å². The zero-order valence-electron chi connectivity index (χ0n) is 11.9. The first-order valence-electron chi connectivity index (χ1n) is 7.66. The van der Waals surface area contributed by atoms with Gasteiger partial charge in [0, 0.05) is 0 Å². The topological polar surface area (TPSA) is 0 Å². The zero-order chi connectivity index (χ0) is 13.6. The normalized spacial score (nSPS) is 22.6. The molecule has 0 heterocycles. The van der Waals surface area contributed by atoms with Crippen LogP contribution in [0.4, 0.5) is 0 Å². The van der Waals surface area contributed by atoms with Gasteiger partial charge in [0.05, 0.1) is 0 Å². The van der Waals surface area contributed by atoms with Crippen LogP contribution in [-0.4, -0.2) is 0 Å². The average molecular weight is 262 g/mol. The number of hydrogen-bond acceptors (Lipinski definition) is 0. The minimum atomic E-state index is 0.607. The molecule has 0 radical (unpaired) electrons. The minimum Gasteiger partial charge on any atom is -0.0842 e. The van der Waals surface area contributed by atoms with E-state index in [1.807, 2.05) is 0 Å². The molecule has 1 aromatic rings. The Morgan fingerprint density at radius 3 is 2.60 bits per heavy atom. The van der Waals surface area contributed by atoms with E-state index in [0.29, 0.717) is 11.8 Å². The fourth-order valence-corrected chi connectivity index (χ4v) is 3.22. The Morgan fingerprint density at radius 1 is 1.00 bits per heavy atom. The van der Waals surface area contributed by atoms with E-state index in [1.54, 1.807) is 5.57 Å². The van der Waals surface area contributed by atoms with Crippen molar-refractivity contribution in [1.82, 2.24) is 0 Å². The lowest BCUT2D eigenvalue weighted by Gasteiger charge is -2.27. The largest absolute Gasteiger partial charge is 0.0842 e. The maximum absolute atomic E-state index is 2.39. The third kappa shape index (κ3) is 3.19. The van der Waals surface area contributed by atoms with Crippen LogP contribution in [-0.2, 0) is 0 Å². The summed E-state index contributed by atoms with van der Waals surface area (Å²) >= 11 is 0. The van der Waals surface area contributed by atoms with Crippen LogP contribution in [0.1, 0.15) is 37.2 Å². The molecule has 0 nitrogen and oxygen atoms in total. The molecule has 0 spiro atoms. The number of benzene rings is 1. The fraction of sp³-hybridized carbons (Fsp3) is 0.300. The van der Waals surface area contributed by atoms with Crippen molar-refractivity contribution in [1.29, 1.82) is 0 Å². The zero-order valence-corrected chi connectivity index (χ0v) is 11.9. The smallest absolute Gasteiger partial charge is 0.00586 e. The Morgan fingerprint density at radius 2 is 1.90 bits per heavy atom. The molecule has 102 valence electrons. The molecular weight excluding hydrogens is 240 g/mol. The molecule has 2 unspecified atom stereocenters. The van der Waals surface area contributed by atoms with Gasteiger partial charge in [0.25, 0.3) is 0 Å². The summed E-state index contributed by atoms with van der Waals surface area (Å²) in [5.74, 6) is 1.24. The second-order valence-corrected chi connectivity index (χ2v) is 5.73. The second-order valence-electron chi connectivity index (χ2n) is 5.73. The van der Waals surface area contributed by atoms with Gasteiger partial charge in [-0.1, -0.05) is 78.4 Å². The molecule has 0 aromatic heterocycles. The third-order valence-corrected chi connectivity index (χ3v) is 4.34. The van der Waals surface area contributed by atoms with Crippen molar-refractivity contribution in [2.24, 2.45) is 5.92 Å². The van der Waals surface area contributed by atoms with Gasteiger partial charge in [-0.25, -0.2) is 0 Å². The molecule has 20 heavy (non-hydrogen) atoms. The van der Waals surface area contributed by atoms with Crippen molar-refractivity contribution in [3.05, 3.63) is 84.0 Å². The van der Waals surface area contributed by atoms with Gasteiger partial charge in [-0.2, -0.15) is 0 Å². The van der Waals surface area contributed by atoms with E-state index < -0.39 is 0 Å². The van der Waals surface area contributed by atoms with E-state index in [9.17, 15) is 0 Å². The number of hydrogen-bond donors (Lipinski definition) is 0. The van der Waals surface area contributed by atoms with Crippen molar-refractivity contribution in [2.75, 3.05) is 0 Å². The Hall–Kier alpha value is -1.82. The van der Waals surface area contributed by atoms with Gasteiger partial charge in [0.1, 0.15) is 0 Å². The van der Waals surface area contributed by atoms with Crippen LogP contribution in [0.25, 0.3) is 0 Å². The average Bonchev–Trinajstić information content (AvgIpc) is 2.55. The van der Waals surface area contributed by atoms with Crippen molar-refractivity contribution >= 4 is 0 Å². The van der Waals surface area contributed by atoms with Gasteiger partial charge in [0.2, 0.25) is 0 Å². The van der Waals surface area contributed by atoms with E-state index in [2.05, 4.69) is 72.9 Å². The van der Waals surface area contributed by atoms with E-state index in [-0.39, 0.29) is 0 Å². The molecule has 0 fully saturated rings. The number of rotatable bonds is 4. The summed E-state index contributed by atoms with van der Waals surface area (Å²) in [6.07, 6.45) is 20.7. The standard InChI is InChI=1S/C20H22/c1-4-10-17(11-5-1)16-20(18-12-6-2-7-13-18)19-14-8-3-9-15-19/h1-4,6-10,12-14,19-20H,5,11,15-16H2. The first-order chi connectivity index (χ1) is 9.93. The highest BCUT2D eigenvalue weighted by atomic mass is 14.3. The predicted octanol–water partition coefficient (Wildman–Crippen LogP) is 5.57. The van der Waals surface area contributed by atoms with Crippen LogP contribution in [0, 0.1) is 5.92 Å². The lowest BCUT2D eigenvalue weighted by atomic mass is 9.77. The minimum absolute atomic E-state index is 0.607. The van der Waals surface area contributed by atoms with Crippen molar-refractivity contribution < 1.29 is 0 Å². The van der Waals surface area contributed by atoms with Crippen molar-refractivity contribution in [3.63, 3.8) is 0 Å². The molecule has 3 rings (SSSR count). The summed E-state index contributed by atoms with van der Waals surface area (Å²) in [6, 6.07) is 11.0. The van der Waals surface area contributed by atoms with Crippen LogP contribution in [0.5, 0.6) is 0 Å². The molecule has 0 amide bonds. The van der Waals surface area contributed by atoms with E-state index in [4.69, 9.17) is 0 Å². The van der Waals surface area contributed by atoms with Gasteiger partial charge in [-0.3, -0.25) is 0 Å². The molecule has 2 aliphatic carbocycles. The molecule has 0 heteroatoms. The highest BCUT2D eigenvalue weighted by Gasteiger charge is 2.22. The molecule has 0 aliphatic heterocycles.